The average Bonchev–Trinajstić information content (AvgIpc) is 3.07. The molecule has 0 saturated carbocycles. The third kappa shape index (κ3) is 3.55. The number of aromatic nitrogens is 1. The lowest BCUT2D eigenvalue weighted by Crippen LogP contribution is -2.51. The molecule has 0 spiro atoms. The third-order valence-corrected chi connectivity index (χ3v) is 4.55. The van der Waals surface area contributed by atoms with Gasteiger partial charge in [0.2, 0.25) is 0 Å². The Hall–Kier alpha value is -3.55. The van der Waals surface area contributed by atoms with Crippen LogP contribution in [0.2, 0.25) is 0 Å². The molecule has 0 atom stereocenters. The number of rotatable bonds is 2. The Labute approximate surface area is 154 Å². The molecule has 1 saturated heterocycles. The number of urea groups is 1. The molecule has 1 aliphatic heterocycles. The van der Waals surface area contributed by atoms with Gasteiger partial charge in [-0.25, -0.2) is 9.59 Å². The molecule has 2 aromatic carbocycles. The van der Waals surface area contributed by atoms with Crippen LogP contribution >= 0.6 is 0 Å². The zero-order valence-corrected chi connectivity index (χ0v) is 14.5. The van der Waals surface area contributed by atoms with Gasteiger partial charge in [0.05, 0.1) is 5.52 Å². The quantitative estimate of drug-likeness (QED) is 0.726. The van der Waals surface area contributed by atoms with Crippen LogP contribution in [0.5, 0.6) is 0 Å². The summed E-state index contributed by atoms with van der Waals surface area (Å²) < 4.78 is 5.01. The number of fused-ring (bicyclic) bond motifs is 1. The Morgan fingerprint density at radius 1 is 0.963 bits per heavy atom. The normalized spacial score (nSPS) is 14.4. The van der Waals surface area contributed by atoms with E-state index >= 15 is 0 Å². The number of carbonyl (C=O) groups excluding carboxylic acids is 2. The first-order chi connectivity index (χ1) is 13.1. The summed E-state index contributed by atoms with van der Waals surface area (Å²) in [5.74, 6) is -0.698. The Morgan fingerprint density at radius 3 is 2.41 bits per heavy atom. The van der Waals surface area contributed by atoms with Crippen molar-refractivity contribution in [3.8, 4) is 0 Å². The van der Waals surface area contributed by atoms with E-state index < -0.39 is 5.76 Å². The van der Waals surface area contributed by atoms with Crippen LogP contribution in [0, 0.1) is 0 Å². The van der Waals surface area contributed by atoms with Crippen molar-refractivity contribution in [1.82, 2.24) is 14.8 Å². The summed E-state index contributed by atoms with van der Waals surface area (Å²) in [7, 11) is 0. The maximum Gasteiger partial charge on any atom is 0.417 e. The van der Waals surface area contributed by atoms with Gasteiger partial charge in [-0.3, -0.25) is 9.78 Å². The number of nitrogens with zero attached hydrogens (tertiary/aromatic N) is 2. The van der Waals surface area contributed by atoms with Crippen molar-refractivity contribution >= 4 is 28.7 Å². The number of oxazole rings is 1. The highest BCUT2D eigenvalue weighted by atomic mass is 16.4. The van der Waals surface area contributed by atoms with Gasteiger partial charge in [-0.1, -0.05) is 18.2 Å². The van der Waals surface area contributed by atoms with Gasteiger partial charge in [0.15, 0.2) is 5.58 Å². The zero-order chi connectivity index (χ0) is 18.8. The van der Waals surface area contributed by atoms with E-state index in [9.17, 15) is 14.4 Å². The molecule has 0 radical (unpaired) electrons. The van der Waals surface area contributed by atoms with Crippen molar-refractivity contribution in [3.63, 3.8) is 0 Å². The molecule has 0 unspecified atom stereocenters. The minimum absolute atomic E-state index is 0.149. The van der Waals surface area contributed by atoms with Gasteiger partial charge in [-0.15, -0.1) is 0 Å². The van der Waals surface area contributed by atoms with Crippen LogP contribution in [0.15, 0.2) is 57.7 Å². The molecule has 1 aromatic heterocycles. The van der Waals surface area contributed by atoms with Gasteiger partial charge in [0.25, 0.3) is 5.91 Å². The largest absolute Gasteiger partial charge is 0.417 e. The van der Waals surface area contributed by atoms with E-state index in [4.69, 9.17) is 4.42 Å². The molecular formula is C19H18N4O4. The predicted octanol–water partition coefficient (Wildman–Crippen LogP) is 2.11. The number of hydrogen-bond donors (Lipinski definition) is 2. The van der Waals surface area contributed by atoms with Crippen molar-refractivity contribution < 1.29 is 14.0 Å². The number of H-pyrrole nitrogens is 1. The molecule has 27 heavy (non-hydrogen) atoms. The van der Waals surface area contributed by atoms with Crippen LogP contribution in [0.1, 0.15) is 10.4 Å². The zero-order valence-electron chi connectivity index (χ0n) is 14.5. The fourth-order valence-electron chi connectivity index (χ4n) is 3.10. The highest BCUT2D eigenvalue weighted by Gasteiger charge is 2.25. The van der Waals surface area contributed by atoms with Crippen molar-refractivity contribution in [2.45, 2.75) is 0 Å². The van der Waals surface area contributed by atoms with E-state index in [0.717, 1.165) is 5.69 Å². The van der Waals surface area contributed by atoms with Crippen LogP contribution in [0.4, 0.5) is 10.5 Å². The lowest BCUT2D eigenvalue weighted by molar-refractivity contribution is 0.0671. The summed E-state index contributed by atoms with van der Waals surface area (Å²) in [6, 6.07) is 13.9. The second-order valence-corrected chi connectivity index (χ2v) is 6.30. The first-order valence-electron chi connectivity index (χ1n) is 8.63. The molecule has 138 valence electrons. The topological polar surface area (TPSA) is 98.6 Å². The first kappa shape index (κ1) is 16.9. The van der Waals surface area contributed by atoms with E-state index in [1.807, 2.05) is 30.3 Å². The number of hydrogen-bond acceptors (Lipinski definition) is 4. The smallest absolute Gasteiger partial charge is 0.408 e. The number of piperazine rings is 1. The van der Waals surface area contributed by atoms with Crippen LogP contribution in [0.3, 0.4) is 0 Å². The number of para-hydroxylation sites is 1. The summed E-state index contributed by atoms with van der Waals surface area (Å²) in [4.78, 5) is 42.2. The number of anilines is 1. The Morgan fingerprint density at radius 2 is 1.67 bits per heavy atom. The monoisotopic (exact) mass is 366 g/mol. The van der Waals surface area contributed by atoms with Gasteiger partial charge in [0, 0.05) is 37.4 Å². The number of nitrogens with one attached hydrogen (secondary N) is 2. The van der Waals surface area contributed by atoms with Gasteiger partial charge in [0.1, 0.15) is 0 Å². The minimum atomic E-state index is -0.548. The Bertz CT molecular complexity index is 1030. The van der Waals surface area contributed by atoms with Crippen LogP contribution in [-0.2, 0) is 0 Å². The second-order valence-electron chi connectivity index (χ2n) is 6.30. The molecular weight excluding hydrogens is 348 g/mol. The molecule has 2 heterocycles. The summed E-state index contributed by atoms with van der Waals surface area (Å²) >= 11 is 0. The van der Waals surface area contributed by atoms with Gasteiger partial charge < -0.3 is 19.5 Å². The highest BCUT2D eigenvalue weighted by molar-refractivity contribution is 5.97. The number of carbonyl (C=O) groups is 2. The summed E-state index contributed by atoms with van der Waals surface area (Å²) in [6.07, 6.45) is 0. The molecule has 1 fully saturated rings. The van der Waals surface area contributed by atoms with E-state index in [2.05, 4.69) is 10.3 Å². The van der Waals surface area contributed by atoms with Crippen molar-refractivity contribution in [1.29, 1.82) is 0 Å². The first-order valence-corrected chi connectivity index (χ1v) is 8.63. The van der Waals surface area contributed by atoms with Gasteiger partial charge >= 0.3 is 11.8 Å². The second kappa shape index (κ2) is 6.99. The molecule has 0 aliphatic carbocycles. The molecule has 8 heteroatoms. The molecule has 8 nitrogen and oxygen atoms in total. The highest BCUT2D eigenvalue weighted by Crippen LogP contribution is 2.16. The minimum Gasteiger partial charge on any atom is -0.408 e. The van der Waals surface area contributed by atoms with E-state index in [0.29, 0.717) is 42.8 Å². The summed E-state index contributed by atoms with van der Waals surface area (Å²) in [5, 5.41) is 2.85. The molecule has 1 aliphatic rings. The summed E-state index contributed by atoms with van der Waals surface area (Å²) in [5.41, 5.74) is 2.10. The molecule has 3 aromatic rings. The molecule has 4 rings (SSSR count). The maximum atomic E-state index is 12.7. The predicted molar refractivity (Wildman–Crippen MR) is 99.8 cm³/mol. The third-order valence-electron chi connectivity index (χ3n) is 4.55. The van der Waals surface area contributed by atoms with Crippen LogP contribution < -0.4 is 11.1 Å². The fraction of sp³-hybridized carbons (Fsp3) is 0.211. The maximum absolute atomic E-state index is 12.7. The average molecular weight is 366 g/mol. The number of amides is 3. The van der Waals surface area contributed by atoms with E-state index in [-0.39, 0.29) is 11.9 Å². The molecule has 0 bridgehead atoms. The number of benzene rings is 2. The Balaban J connectivity index is 1.38. The van der Waals surface area contributed by atoms with Crippen molar-refractivity contribution in [2.24, 2.45) is 0 Å². The number of aromatic amines is 1. The van der Waals surface area contributed by atoms with Crippen molar-refractivity contribution in [3.05, 3.63) is 64.6 Å². The van der Waals surface area contributed by atoms with Crippen molar-refractivity contribution in [2.75, 3.05) is 31.5 Å². The molecule has 2 N–H and O–H groups in total. The SMILES string of the molecule is O=C(Nc1ccccc1)N1CCN(C(=O)c2ccc3[nH]c(=O)oc3c2)CC1. The van der Waals surface area contributed by atoms with E-state index in [1.165, 1.54) is 0 Å². The van der Waals surface area contributed by atoms with E-state index in [1.54, 1.807) is 28.0 Å². The van der Waals surface area contributed by atoms with Crippen LogP contribution in [-0.4, -0.2) is 52.9 Å². The standard InChI is InChI=1S/C19H18N4O4/c24-17(13-6-7-15-16(12-13)27-19(26)21-15)22-8-10-23(11-9-22)18(25)20-14-4-2-1-3-5-14/h1-7,12H,8-11H2,(H,20,25)(H,21,26). The summed E-state index contributed by atoms with van der Waals surface area (Å²) in [6.45, 7) is 1.78. The van der Waals surface area contributed by atoms with Gasteiger partial charge in [-0.05, 0) is 30.3 Å². The molecule has 3 amide bonds. The lowest BCUT2D eigenvalue weighted by atomic mass is 10.1. The Kier molecular flexibility index (Phi) is 4.37. The lowest BCUT2D eigenvalue weighted by Gasteiger charge is -2.34. The van der Waals surface area contributed by atoms with Gasteiger partial charge in [-0.2, -0.15) is 0 Å². The fourth-order valence-corrected chi connectivity index (χ4v) is 3.10. The van der Waals surface area contributed by atoms with Crippen LogP contribution in [0.25, 0.3) is 11.1 Å².